The molecule has 0 unspecified atom stereocenters. The number of piperidine rings is 1. The van der Waals surface area contributed by atoms with Crippen molar-refractivity contribution in [1.82, 2.24) is 10.2 Å². The zero-order valence-electron chi connectivity index (χ0n) is 12.6. The molecule has 1 rings (SSSR count). The summed E-state index contributed by atoms with van der Waals surface area (Å²) in [6, 6.07) is 0.632. The number of nitrogens with one attached hydrogen (secondary N) is 1. The van der Waals surface area contributed by atoms with Gasteiger partial charge in [0.25, 0.3) is 0 Å². The molecule has 3 nitrogen and oxygen atoms in total. The Balaban J connectivity index is 1.86. The van der Waals surface area contributed by atoms with Crippen molar-refractivity contribution in [2.45, 2.75) is 64.5 Å². The maximum absolute atomic E-state index is 5.40. The van der Waals surface area contributed by atoms with Crippen molar-refractivity contribution in [1.29, 1.82) is 0 Å². The lowest BCUT2D eigenvalue weighted by atomic mass is 10.1. The molecule has 0 spiro atoms. The van der Waals surface area contributed by atoms with Crippen LogP contribution in [0.2, 0.25) is 0 Å². The number of methoxy groups -OCH3 is 1. The monoisotopic (exact) mass is 256 g/mol. The first kappa shape index (κ1) is 15.9. The molecule has 1 N–H and O–H groups in total. The van der Waals surface area contributed by atoms with Gasteiger partial charge in [-0.05, 0) is 38.8 Å². The Morgan fingerprint density at radius 3 is 2.39 bits per heavy atom. The predicted octanol–water partition coefficient (Wildman–Crippen LogP) is 2.66. The smallest absolute Gasteiger partial charge is 0.0595 e. The van der Waals surface area contributed by atoms with Crippen molar-refractivity contribution < 1.29 is 4.74 Å². The molecule has 1 heterocycles. The van der Waals surface area contributed by atoms with Crippen LogP contribution in [0.4, 0.5) is 0 Å². The third-order valence-corrected chi connectivity index (χ3v) is 3.82. The summed E-state index contributed by atoms with van der Waals surface area (Å²) in [6.45, 7) is 9.35. The van der Waals surface area contributed by atoms with Gasteiger partial charge in [-0.15, -0.1) is 0 Å². The third kappa shape index (κ3) is 7.34. The normalized spacial score (nSPS) is 18.7. The highest BCUT2D eigenvalue weighted by Crippen LogP contribution is 2.13. The molecule has 1 fully saturated rings. The second-order valence-corrected chi connectivity index (χ2v) is 5.80. The summed E-state index contributed by atoms with van der Waals surface area (Å²) in [7, 11) is 1.84. The molecule has 0 saturated carbocycles. The fourth-order valence-electron chi connectivity index (χ4n) is 2.57. The second-order valence-electron chi connectivity index (χ2n) is 5.80. The number of nitrogens with zero attached hydrogens (tertiary/aromatic N) is 1. The Morgan fingerprint density at radius 1 is 1.11 bits per heavy atom. The minimum absolute atomic E-state index is 0.517. The molecule has 0 aromatic heterocycles. The van der Waals surface area contributed by atoms with E-state index >= 15 is 0 Å². The molecule has 0 atom stereocenters. The molecule has 108 valence electrons. The van der Waals surface area contributed by atoms with E-state index in [4.69, 9.17) is 4.74 Å². The third-order valence-electron chi connectivity index (χ3n) is 3.82. The zero-order valence-corrected chi connectivity index (χ0v) is 12.6. The molecule has 0 aliphatic carbocycles. The first-order valence-corrected chi connectivity index (χ1v) is 7.71. The van der Waals surface area contributed by atoms with Gasteiger partial charge in [0.05, 0.1) is 6.10 Å². The summed E-state index contributed by atoms with van der Waals surface area (Å²) in [5.41, 5.74) is 0. The van der Waals surface area contributed by atoms with Crippen LogP contribution in [0.5, 0.6) is 0 Å². The highest BCUT2D eigenvalue weighted by molar-refractivity contribution is 4.71. The topological polar surface area (TPSA) is 24.5 Å². The standard InChI is InChI=1S/C15H32N2O/c1-14(2)16-10-6-4-5-7-11-17-12-8-15(18-3)9-13-17/h14-16H,4-13H2,1-3H3. The van der Waals surface area contributed by atoms with Gasteiger partial charge >= 0.3 is 0 Å². The van der Waals surface area contributed by atoms with Gasteiger partial charge in [-0.1, -0.05) is 26.7 Å². The summed E-state index contributed by atoms with van der Waals surface area (Å²) in [6.07, 6.45) is 8.38. The average Bonchev–Trinajstić information content (AvgIpc) is 2.38. The number of ether oxygens (including phenoxy) is 1. The Labute approximate surface area is 113 Å². The van der Waals surface area contributed by atoms with Crippen LogP contribution in [0.3, 0.4) is 0 Å². The predicted molar refractivity (Wildman–Crippen MR) is 78.1 cm³/mol. The molecule has 0 aromatic carbocycles. The van der Waals surface area contributed by atoms with Crippen LogP contribution in [-0.4, -0.2) is 50.3 Å². The SMILES string of the molecule is COC1CCN(CCCCCCNC(C)C)CC1. The number of likely N-dealkylation sites (tertiary alicyclic amines) is 1. The van der Waals surface area contributed by atoms with E-state index in [-0.39, 0.29) is 0 Å². The second kappa shape index (κ2) is 9.76. The van der Waals surface area contributed by atoms with E-state index in [1.165, 1.54) is 64.7 Å². The summed E-state index contributed by atoms with van der Waals surface area (Å²) in [5.74, 6) is 0. The average molecular weight is 256 g/mol. The molecule has 18 heavy (non-hydrogen) atoms. The van der Waals surface area contributed by atoms with E-state index in [0.717, 1.165) is 0 Å². The Bertz CT molecular complexity index is 189. The number of hydrogen-bond donors (Lipinski definition) is 1. The molecule has 0 radical (unpaired) electrons. The van der Waals surface area contributed by atoms with Gasteiger partial charge in [0.1, 0.15) is 0 Å². The highest BCUT2D eigenvalue weighted by Gasteiger charge is 2.17. The Hall–Kier alpha value is -0.120. The van der Waals surface area contributed by atoms with Crippen molar-refractivity contribution in [2.24, 2.45) is 0 Å². The fraction of sp³-hybridized carbons (Fsp3) is 1.00. The number of hydrogen-bond acceptors (Lipinski definition) is 3. The Morgan fingerprint density at radius 2 is 1.78 bits per heavy atom. The van der Waals surface area contributed by atoms with Crippen LogP contribution in [0.25, 0.3) is 0 Å². The molecule has 0 bridgehead atoms. The lowest BCUT2D eigenvalue weighted by molar-refractivity contribution is 0.0407. The lowest BCUT2D eigenvalue weighted by Gasteiger charge is -2.31. The number of rotatable bonds is 9. The van der Waals surface area contributed by atoms with Gasteiger partial charge in [-0.25, -0.2) is 0 Å². The molecular formula is C15H32N2O. The molecule has 1 aliphatic rings. The minimum Gasteiger partial charge on any atom is -0.381 e. The van der Waals surface area contributed by atoms with Crippen LogP contribution in [-0.2, 0) is 4.74 Å². The van der Waals surface area contributed by atoms with Gasteiger partial charge in [-0.2, -0.15) is 0 Å². The number of unbranched alkanes of at least 4 members (excludes halogenated alkanes) is 3. The van der Waals surface area contributed by atoms with E-state index in [9.17, 15) is 0 Å². The Kier molecular flexibility index (Phi) is 8.64. The largest absolute Gasteiger partial charge is 0.381 e. The van der Waals surface area contributed by atoms with E-state index in [2.05, 4.69) is 24.1 Å². The first-order valence-electron chi connectivity index (χ1n) is 7.71. The van der Waals surface area contributed by atoms with Crippen molar-refractivity contribution in [2.75, 3.05) is 33.3 Å². The van der Waals surface area contributed by atoms with Crippen LogP contribution in [0.15, 0.2) is 0 Å². The van der Waals surface area contributed by atoms with Gasteiger partial charge < -0.3 is 15.0 Å². The van der Waals surface area contributed by atoms with E-state index in [1.807, 2.05) is 7.11 Å². The summed E-state index contributed by atoms with van der Waals surface area (Å²) in [4.78, 5) is 2.60. The minimum atomic E-state index is 0.517. The molecule has 1 saturated heterocycles. The van der Waals surface area contributed by atoms with Crippen molar-refractivity contribution in [3.8, 4) is 0 Å². The molecule has 0 amide bonds. The molecule has 1 aliphatic heterocycles. The molecular weight excluding hydrogens is 224 g/mol. The van der Waals surface area contributed by atoms with Crippen LogP contribution >= 0.6 is 0 Å². The van der Waals surface area contributed by atoms with Gasteiger partial charge in [0.15, 0.2) is 0 Å². The highest BCUT2D eigenvalue weighted by atomic mass is 16.5. The van der Waals surface area contributed by atoms with E-state index in [1.54, 1.807) is 0 Å². The summed E-state index contributed by atoms with van der Waals surface area (Å²) in [5, 5.41) is 3.47. The van der Waals surface area contributed by atoms with Crippen LogP contribution in [0, 0.1) is 0 Å². The van der Waals surface area contributed by atoms with Gasteiger partial charge in [0, 0.05) is 26.2 Å². The fourth-order valence-corrected chi connectivity index (χ4v) is 2.57. The van der Waals surface area contributed by atoms with Crippen molar-refractivity contribution in [3.05, 3.63) is 0 Å². The maximum atomic E-state index is 5.40. The van der Waals surface area contributed by atoms with E-state index in [0.29, 0.717) is 12.1 Å². The van der Waals surface area contributed by atoms with Gasteiger partial charge in [0.2, 0.25) is 0 Å². The van der Waals surface area contributed by atoms with Crippen molar-refractivity contribution in [3.63, 3.8) is 0 Å². The first-order chi connectivity index (χ1) is 8.72. The van der Waals surface area contributed by atoms with Crippen LogP contribution in [0.1, 0.15) is 52.4 Å². The molecule has 0 aromatic rings. The van der Waals surface area contributed by atoms with E-state index < -0.39 is 0 Å². The van der Waals surface area contributed by atoms with Crippen molar-refractivity contribution >= 4 is 0 Å². The van der Waals surface area contributed by atoms with Gasteiger partial charge in [-0.3, -0.25) is 0 Å². The maximum Gasteiger partial charge on any atom is 0.0595 e. The zero-order chi connectivity index (χ0) is 13.2. The molecule has 3 heteroatoms. The quantitative estimate of drug-likeness (QED) is 0.642. The van der Waals surface area contributed by atoms with Crippen LogP contribution < -0.4 is 5.32 Å². The lowest BCUT2D eigenvalue weighted by Crippen LogP contribution is -2.37. The summed E-state index contributed by atoms with van der Waals surface area (Å²) < 4.78 is 5.40. The summed E-state index contributed by atoms with van der Waals surface area (Å²) >= 11 is 0.